The SMILES string of the molecule is O=C(O)C(Cc1ccccc1)Oc1c(Cl)cc(Cl)cc1Cl. The van der Waals surface area contributed by atoms with E-state index in [4.69, 9.17) is 39.5 Å². The quantitative estimate of drug-likeness (QED) is 0.852. The minimum Gasteiger partial charge on any atom is -0.478 e. The number of carboxylic acid groups (broad SMARTS) is 1. The Labute approximate surface area is 137 Å². The standard InChI is InChI=1S/C15H11Cl3O3/c16-10-7-11(17)14(12(18)8-10)21-13(15(19)20)6-9-4-2-1-3-5-9/h1-5,7-8,13H,6H2,(H,19,20). The van der Waals surface area contributed by atoms with Crippen LogP contribution in [0.2, 0.25) is 15.1 Å². The van der Waals surface area contributed by atoms with Gasteiger partial charge in [-0.25, -0.2) is 4.79 Å². The summed E-state index contributed by atoms with van der Waals surface area (Å²) >= 11 is 17.8. The van der Waals surface area contributed by atoms with E-state index in [0.29, 0.717) is 5.02 Å². The Hall–Kier alpha value is -1.42. The van der Waals surface area contributed by atoms with Gasteiger partial charge in [-0.1, -0.05) is 65.1 Å². The first kappa shape index (κ1) is 16.0. The average molecular weight is 346 g/mol. The lowest BCUT2D eigenvalue weighted by molar-refractivity contribution is -0.145. The van der Waals surface area contributed by atoms with Gasteiger partial charge < -0.3 is 9.84 Å². The van der Waals surface area contributed by atoms with Gasteiger partial charge in [0.1, 0.15) is 0 Å². The third-order valence-electron chi connectivity index (χ3n) is 2.76. The van der Waals surface area contributed by atoms with Crippen LogP contribution in [-0.4, -0.2) is 17.2 Å². The Morgan fingerprint density at radius 1 is 1.10 bits per heavy atom. The molecule has 1 unspecified atom stereocenters. The number of halogens is 3. The Morgan fingerprint density at radius 3 is 2.19 bits per heavy atom. The molecule has 0 saturated carbocycles. The molecule has 21 heavy (non-hydrogen) atoms. The molecule has 110 valence electrons. The molecule has 0 spiro atoms. The minimum absolute atomic E-state index is 0.117. The van der Waals surface area contributed by atoms with E-state index in [2.05, 4.69) is 0 Å². The number of hydrogen-bond donors (Lipinski definition) is 1. The van der Waals surface area contributed by atoms with Gasteiger partial charge in [-0.05, 0) is 17.7 Å². The Bertz CT molecular complexity index is 621. The van der Waals surface area contributed by atoms with E-state index in [-0.39, 0.29) is 22.2 Å². The van der Waals surface area contributed by atoms with Crippen molar-refractivity contribution in [1.29, 1.82) is 0 Å². The van der Waals surface area contributed by atoms with Crippen LogP contribution in [0.1, 0.15) is 5.56 Å². The van der Waals surface area contributed by atoms with E-state index in [1.807, 2.05) is 30.3 Å². The maximum Gasteiger partial charge on any atom is 0.345 e. The van der Waals surface area contributed by atoms with Gasteiger partial charge >= 0.3 is 5.97 Å². The summed E-state index contributed by atoms with van der Waals surface area (Å²) in [4.78, 5) is 11.4. The highest BCUT2D eigenvalue weighted by Gasteiger charge is 2.23. The van der Waals surface area contributed by atoms with Crippen LogP contribution in [-0.2, 0) is 11.2 Å². The summed E-state index contributed by atoms with van der Waals surface area (Å²) in [7, 11) is 0. The van der Waals surface area contributed by atoms with Crippen molar-refractivity contribution in [2.75, 3.05) is 0 Å². The summed E-state index contributed by atoms with van der Waals surface area (Å²) in [5.41, 5.74) is 0.839. The Kier molecular flexibility index (Phi) is 5.34. The van der Waals surface area contributed by atoms with Gasteiger partial charge in [0.05, 0.1) is 10.0 Å². The first-order chi connectivity index (χ1) is 9.97. The molecule has 0 heterocycles. The zero-order valence-corrected chi connectivity index (χ0v) is 13.0. The molecule has 0 fully saturated rings. The van der Waals surface area contributed by atoms with Gasteiger partial charge in [-0.15, -0.1) is 0 Å². The Balaban J connectivity index is 2.23. The molecular weight excluding hydrogens is 335 g/mol. The molecule has 1 atom stereocenters. The molecule has 2 rings (SSSR count). The third-order valence-corrected chi connectivity index (χ3v) is 3.54. The van der Waals surface area contributed by atoms with E-state index < -0.39 is 12.1 Å². The number of benzene rings is 2. The van der Waals surface area contributed by atoms with Crippen LogP contribution in [0.3, 0.4) is 0 Å². The summed E-state index contributed by atoms with van der Waals surface area (Å²) in [6, 6.07) is 12.1. The monoisotopic (exact) mass is 344 g/mol. The summed E-state index contributed by atoms with van der Waals surface area (Å²) < 4.78 is 5.47. The van der Waals surface area contributed by atoms with Gasteiger partial charge in [0, 0.05) is 11.4 Å². The normalized spacial score (nSPS) is 12.0. The zero-order chi connectivity index (χ0) is 15.4. The van der Waals surface area contributed by atoms with E-state index in [1.165, 1.54) is 12.1 Å². The molecule has 0 amide bonds. The van der Waals surface area contributed by atoms with E-state index in [9.17, 15) is 9.90 Å². The molecule has 1 N–H and O–H groups in total. The lowest BCUT2D eigenvalue weighted by Crippen LogP contribution is -2.29. The van der Waals surface area contributed by atoms with E-state index in [0.717, 1.165) is 5.56 Å². The van der Waals surface area contributed by atoms with E-state index >= 15 is 0 Å². The molecule has 2 aromatic carbocycles. The number of hydrogen-bond acceptors (Lipinski definition) is 2. The van der Waals surface area contributed by atoms with Gasteiger partial charge in [-0.2, -0.15) is 0 Å². The molecule has 0 bridgehead atoms. The molecule has 6 heteroatoms. The fourth-order valence-electron chi connectivity index (χ4n) is 1.79. The predicted molar refractivity (Wildman–Crippen MR) is 83.7 cm³/mol. The van der Waals surface area contributed by atoms with Crippen LogP contribution < -0.4 is 4.74 Å². The number of carbonyl (C=O) groups is 1. The largest absolute Gasteiger partial charge is 0.478 e. The fourth-order valence-corrected chi connectivity index (χ4v) is 2.70. The van der Waals surface area contributed by atoms with Crippen molar-refractivity contribution in [2.45, 2.75) is 12.5 Å². The van der Waals surface area contributed by atoms with Crippen LogP contribution in [0.4, 0.5) is 0 Å². The van der Waals surface area contributed by atoms with Crippen molar-refractivity contribution < 1.29 is 14.6 Å². The van der Waals surface area contributed by atoms with Gasteiger partial charge in [-0.3, -0.25) is 0 Å². The highest BCUT2D eigenvalue weighted by molar-refractivity contribution is 6.40. The number of aliphatic carboxylic acids is 1. The van der Waals surface area contributed by atoms with Crippen LogP contribution in [0.25, 0.3) is 0 Å². The highest BCUT2D eigenvalue weighted by Crippen LogP contribution is 2.36. The Morgan fingerprint density at radius 2 is 1.67 bits per heavy atom. The number of rotatable bonds is 5. The van der Waals surface area contributed by atoms with Crippen LogP contribution in [0, 0.1) is 0 Å². The molecule has 0 aliphatic rings. The summed E-state index contributed by atoms with van der Waals surface area (Å²) in [6.45, 7) is 0. The molecule has 0 aliphatic heterocycles. The lowest BCUT2D eigenvalue weighted by Gasteiger charge is -2.17. The van der Waals surface area contributed by atoms with Crippen LogP contribution >= 0.6 is 34.8 Å². The van der Waals surface area contributed by atoms with Gasteiger partial charge in [0.2, 0.25) is 0 Å². The van der Waals surface area contributed by atoms with Crippen molar-refractivity contribution in [3.05, 3.63) is 63.1 Å². The lowest BCUT2D eigenvalue weighted by atomic mass is 10.1. The van der Waals surface area contributed by atoms with Gasteiger partial charge in [0.15, 0.2) is 11.9 Å². The molecule has 0 saturated heterocycles. The second-order valence-corrected chi connectivity index (χ2v) is 5.58. The second-order valence-electron chi connectivity index (χ2n) is 4.33. The third kappa shape index (κ3) is 4.27. The number of carboxylic acids is 1. The van der Waals surface area contributed by atoms with Crippen LogP contribution in [0.5, 0.6) is 5.75 Å². The van der Waals surface area contributed by atoms with Crippen molar-refractivity contribution in [1.82, 2.24) is 0 Å². The second kappa shape index (κ2) is 7.03. The minimum atomic E-state index is -1.10. The predicted octanol–water partition coefficient (Wildman–Crippen LogP) is 4.72. The molecular formula is C15H11Cl3O3. The maximum absolute atomic E-state index is 11.4. The van der Waals surface area contributed by atoms with E-state index in [1.54, 1.807) is 0 Å². The molecule has 0 aliphatic carbocycles. The summed E-state index contributed by atoms with van der Waals surface area (Å²) in [5.74, 6) is -0.980. The first-order valence-electron chi connectivity index (χ1n) is 6.05. The molecule has 2 aromatic rings. The molecule has 0 aromatic heterocycles. The van der Waals surface area contributed by atoms with Crippen molar-refractivity contribution in [3.63, 3.8) is 0 Å². The fraction of sp³-hybridized carbons (Fsp3) is 0.133. The van der Waals surface area contributed by atoms with Gasteiger partial charge in [0.25, 0.3) is 0 Å². The first-order valence-corrected chi connectivity index (χ1v) is 7.18. The van der Waals surface area contributed by atoms with Crippen molar-refractivity contribution in [3.8, 4) is 5.75 Å². The molecule has 3 nitrogen and oxygen atoms in total. The summed E-state index contributed by atoms with van der Waals surface area (Å²) in [5, 5.41) is 9.99. The summed E-state index contributed by atoms with van der Waals surface area (Å²) in [6.07, 6.45) is -0.894. The zero-order valence-electron chi connectivity index (χ0n) is 10.7. The van der Waals surface area contributed by atoms with Crippen molar-refractivity contribution >= 4 is 40.8 Å². The number of ether oxygens (including phenoxy) is 1. The smallest absolute Gasteiger partial charge is 0.345 e. The topological polar surface area (TPSA) is 46.5 Å². The van der Waals surface area contributed by atoms with Crippen molar-refractivity contribution in [2.24, 2.45) is 0 Å². The maximum atomic E-state index is 11.4. The molecule has 0 radical (unpaired) electrons. The highest BCUT2D eigenvalue weighted by atomic mass is 35.5. The average Bonchev–Trinajstić information content (AvgIpc) is 2.42. The van der Waals surface area contributed by atoms with Crippen LogP contribution in [0.15, 0.2) is 42.5 Å².